The van der Waals surface area contributed by atoms with Crippen LogP contribution in [0.5, 0.6) is 0 Å². The summed E-state index contributed by atoms with van der Waals surface area (Å²) in [6, 6.07) is 3.92. The third-order valence-electron chi connectivity index (χ3n) is 4.64. The Bertz CT molecular complexity index is 826. The van der Waals surface area contributed by atoms with E-state index in [9.17, 15) is 9.18 Å². The normalized spacial score (nSPS) is 15.8. The zero-order valence-electron chi connectivity index (χ0n) is 15.8. The van der Waals surface area contributed by atoms with Crippen LogP contribution in [0, 0.1) is 0 Å². The van der Waals surface area contributed by atoms with Crippen molar-refractivity contribution in [3.05, 3.63) is 41.5 Å². The van der Waals surface area contributed by atoms with Gasteiger partial charge in [0.15, 0.2) is 0 Å². The molecule has 1 amide bonds. The van der Waals surface area contributed by atoms with Crippen LogP contribution in [-0.4, -0.2) is 46.2 Å². The van der Waals surface area contributed by atoms with Crippen molar-refractivity contribution in [3.63, 3.8) is 0 Å². The van der Waals surface area contributed by atoms with E-state index < -0.39 is 12.2 Å². The molecule has 0 radical (unpaired) electrons. The third-order valence-corrected chi connectivity index (χ3v) is 4.64. The van der Waals surface area contributed by atoms with Crippen molar-refractivity contribution in [3.8, 4) is 0 Å². The van der Waals surface area contributed by atoms with Gasteiger partial charge in [0.05, 0.1) is 5.92 Å². The molecule has 1 aliphatic heterocycles. The molecule has 8 heteroatoms. The number of nitrogens with zero attached hydrogens (tertiary/aromatic N) is 3. The summed E-state index contributed by atoms with van der Waals surface area (Å²) in [5.41, 5.74) is 1.05. The molecular formula is C19H25FN6O. The van der Waals surface area contributed by atoms with Gasteiger partial charge in [-0.25, -0.2) is 19.3 Å². The van der Waals surface area contributed by atoms with Crippen molar-refractivity contribution in [2.75, 3.05) is 30.4 Å². The van der Waals surface area contributed by atoms with E-state index >= 15 is 0 Å². The minimum atomic E-state index is -0.932. The summed E-state index contributed by atoms with van der Waals surface area (Å²) in [7, 11) is 0. The maximum absolute atomic E-state index is 12.4. The molecule has 0 saturated heterocycles. The van der Waals surface area contributed by atoms with Gasteiger partial charge < -0.3 is 16.0 Å². The minimum Gasteiger partial charge on any atom is -0.369 e. The first-order valence-corrected chi connectivity index (χ1v) is 9.13. The molecule has 1 unspecified atom stereocenters. The summed E-state index contributed by atoms with van der Waals surface area (Å²) in [6.07, 6.45) is 4.28. The Labute approximate surface area is 158 Å². The predicted octanol–water partition coefficient (Wildman–Crippen LogP) is 2.27. The number of rotatable bonds is 7. The SMILES string of the molecule is CCc1cnc(C2CNc3ncccc32)nc1NC(C)(C)C(=O)NCCF. The highest BCUT2D eigenvalue weighted by molar-refractivity contribution is 5.88. The van der Waals surface area contributed by atoms with Crippen molar-refractivity contribution in [2.24, 2.45) is 0 Å². The summed E-state index contributed by atoms with van der Waals surface area (Å²) in [5.74, 6) is 1.88. The summed E-state index contributed by atoms with van der Waals surface area (Å²) in [6.45, 7) is 5.59. The average Bonchev–Trinajstić information content (AvgIpc) is 3.09. The number of aryl methyl sites for hydroxylation is 1. The largest absolute Gasteiger partial charge is 0.369 e. The first-order chi connectivity index (χ1) is 13.0. The number of amides is 1. The molecule has 7 nitrogen and oxygen atoms in total. The molecule has 1 atom stereocenters. The fourth-order valence-corrected chi connectivity index (χ4v) is 3.08. The first kappa shape index (κ1) is 19.0. The number of carbonyl (C=O) groups excluding carboxylic acids is 1. The Balaban J connectivity index is 1.88. The number of halogens is 1. The van der Waals surface area contributed by atoms with E-state index in [1.54, 1.807) is 26.2 Å². The van der Waals surface area contributed by atoms with Crippen LogP contribution in [0.15, 0.2) is 24.5 Å². The van der Waals surface area contributed by atoms with Crippen LogP contribution in [0.2, 0.25) is 0 Å². The number of alkyl halides is 1. The monoisotopic (exact) mass is 372 g/mol. The van der Waals surface area contributed by atoms with E-state index in [1.165, 1.54) is 0 Å². The first-order valence-electron chi connectivity index (χ1n) is 9.13. The van der Waals surface area contributed by atoms with Crippen LogP contribution >= 0.6 is 0 Å². The number of aromatic nitrogens is 3. The Kier molecular flexibility index (Phi) is 5.53. The van der Waals surface area contributed by atoms with Crippen LogP contribution in [0.3, 0.4) is 0 Å². The molecule has 3 rings (SSSR count). The van der Waals surface area contributed by atoms with E-state index in [2.05, 4.69) is 25.9 Å². The summed E-state index contributed by atoms with van der Waals surface area (Å²) in [4.78, 5) is 25.9. The van der Waals surface area contributed by atoms with E-state index in [1.807, 2.05) is 19.1 Å². The van der Waals surface area contributed by atoms with Crippen LogP contribution < -0.4 is 16.0 Å². The van der Waals surface area contributed by atoms with Crippen LogP contribution in [0.25, 0.3) is 0 Å². The highest BCUT2D eigenvalue weighted by Gasteiger charge is 2.30. The maximum Gasteiger partial charge on any atom is 0.245 e. The molecule has 0 saturated carbocycles. The van der Waals surface area contributed by atoms with Gasteiger partial charge in [-0.15, -0.1) is 0 Å². The number of carbonyl (C=O) groups is 1. The Hall–Kier alpha value is -2.77. The van der Waals surface area contributed by atoms with Gasteiger partial charge >= 0.3 is 0 Å². The second kappa shape index (κ2) is 7.85. The quantitative estimate of drug-likeness (QED) is 0.691. The van der Waals surface area contributed by atoms with E-state index in [0.29, 0.717) is 18.2 Å². The molecule has 0 aromatic carbocycles. The highest BCUT2D eigenvalue weighted by atomic mass is 19.1. The Morgan fingerprint density at radius 3 is 2.96 bits per heavy atom. The Morgan fingerprint density at radius 1 is 1.41 bits per heavy atom. The number of nitrogens with one attached hydrogen (secondary N) is 3. The fraction of sp³-hybridized carbons (Fsp3) is 0.474. The summed E-state index contributed by atoms with van der Waals surface area (Å²) in [5, 5.41) is 9.06. The number of fused-ring (bicyclic) bond motifs is 1. The molecule has 3 N–H and O–H groups in total. The molecule has 0 bridgehead atoms. The average molecular weight is 372 g/mol. The van der Waals surface area contributed by atoms with Gasteiger partial charge in [-0.05, 0) is 26.3 Å². The zero-order valence-corrected chi connectivity index (χ0v) is 15.8. The van der Waals surface area contributed by atoms with Crippen LogP contribution in [-0.2, 0) is 11.2 Å². The molecule has 3 heterocycles. The van der Waals surface area contributed by atoms with Gasteiger partial charge in [-0.3, -0.25) is 4.79 Å². The van der Waals surface area contributed by atoms with Gasteiger partial charge in [-0.1, -0.05) is 13.0 Å². The zero-order chi connectivity index (χ0) is 19.4. The molecule has 144 valence electrons. The molecule has 2 aromatic heterocycles. The lowest BCUT2D eigenvalue weighted by Crippen LogP contribution is -2.48. The van der Waals surface area contributed by atoms with Crippen molar-refractivity contribution in [1.29, 1.82) is 0 Å². The fourth-order valence-electron chi connectivity index (χ4n) is 3.08. The summed E-state index contributed by atoms with van der Waals surface area (Å²) < 4.78 is 12.4. The van der Waals surface area contributed by atoms with E-state index in [-0.39, 0.29) is 18.4 Å². The number of anilines is 2. The van der Waals surface area contributed by atoms with Gasteiger partial charge in [0, 0.05) is 36.6 Å². The van der Waals surface area contributed by atoms with Crippen molar-refractivity contribution < 1.29 is 9.18 Å². The van der Waals surface area contributed by atoms with Gasteiger partial charge in [0.1, 0.15) is 29.7 Å². The standard InChI is InChI=1S/C19H25FN6O/c1-4-12-10-23-17(14-11-24-16-13(14)6-5-8-21-16)25-15(12)26-19(2,3)18(27)22-9-7-20/h5-6,8,10,14H,4,7,9,11H2,1-3H3,(H,21,24)(H,22,27)(H,23,25,26). The maximum atomic E-state index is 12.4. The van der Waals surface area contributed by atoms with Crippen molar-refractivity contribution in [1.82, 2.24) is 20.3 Å². The van der Waals surface area contributed by atoms with Crippen LogP contribution in [0.1, 0.15) is 43.6 Å². The second-order valence-corrected chi connectivity index (χ2v) is 7.03. The number of hydrogen-bond acceptors (Lipinski definition) is 6. The molecule has 1 aliphatic rings. The van der Waals surface area contributed by atoms with E-state index in [0.717, 1.165) is 23.4 Å². The van der Waals surface area contributed by atoms with E-state index in [4.69, 9.17) is 4.98 Å². The lowest BCUT2D eigenvalue weighted by Gasteiger charge is -2.27. The highest BCUT2D eigenvalue weighted by Crippen LogP contribution is 2.33. The van der Waals surface area contributed by atoms with Gasteiger partial charge in [0.2, 0.25) is 5.91 Å². The predicted molar refractivity (Wildman–Crippen MR) is 103 cm³/mol. The van der Waals surface area contributed by atoms with Crippen molar-refractivity contribution >= 4 is 17.5 Å². The molecule has 0 spiro atoms. The number of pyridine rings is 1. The molecule has 0 aliphatic carbocycles. The van der Waals surface area contributed by atoms with Crippen LogP contribution in [0.4, 0.5) is 16.0 Å². The van der Waals surface area contributed by atoms with Gasteiger partial charge in [-0.2, -0.15) is 0 Å². The summed E-state index contributed by atoms with van der Waals surface area (Å²) >= 11 is 0. The lowest BCUT2D eigenvalue weighted by atomic mass is 10.0. The second-order valence-electron chi connectivity index (χ2n) is 7.03. The topological polar surface area (TPSA) is 91.8 Å². The van der Waals surface area contributed by atoms with Gasteiger partial charge in [0.25, 0.3) is 0 Å². The smallest absolute Gasteiger partial charge is 0.245 e. The molecule has 27 heavy (non-hydrogen) atoms. The molecule has 0 fully saturated rings. The number of hydrogen-bond donors (Lipinski definition) is 3. The third kappa shape index (κ3) is 3.99. The Morgan fingerprint density at radius 2 is 2.22 bits per heavy atom. The minimum absolute atomic E-state index is 0.00285. The molecular weight excluding hydrogens is 347 g/mol. The molecule has 2 aromatic rings. The lowest BCUT2D eigenvalue weighted by molar-refractivity contribution is -0.124. The van der Waals surface area contributed by atoms with Crippen molar-refractivity contribution in [2.45, 2.75) is 38.6 Å².